The van der Waals surface area contributed by atoms with E-state index in [-0.39, 0.29) is 18.9 Å². The molecule has 0 saturated carbocycles. The molecule has 0 aliphatic rings. The van der Waals surface area contributed by atoms with Gasteiger partial charge < -0.3 is 20.1 Å². The molecule has 1 aromatic heterocycles. The van der Waals surface area contributed by atoms with Gasteiger partial charge >= 0.3 is 11.9 Å². The summed E-state index contributed by atoms with van der Waals surface area (Å²) in [6, 6.07) is 1.26. The quantitative estimate of drug-likeness (QED) is 0.577. The average molecular weight is 214 g/mol. The van der Waals surface area contributed by atoms with Gasteiger partial charge in [0.2, 0.25) is 0 Å². The fourth-order valence-corrected chi connectivity index (χ4v) is 0.921. The van der Waals surface area contributed by atoms with E-state index >= 15 is 0 Å². The summed E-state index contributed by atoms with van der Waals surface area (Å²) in [5, 5.41) is 22.5. The highest BCUT2D eigenvalue weighted by molar-refractivity contribution is 5.64. The number of likely N-dealkylation sites (N-methyl/N-ethyl adjacent to an activating group) is 1. The summed E-state index contributed by atoms with van der Waals surface area (Å²) < 4.78 is 1.33. The van der Waals surface area contributed by atoms with Gasteiger partial charge in [0.05, 0.1) is 23.9 Å². The minimum absolute atomic E-state index is 0.230. The normalized spacial score (nSPS) is 9.93. The van der Waals surface area contributed by atoms with Gasteiger partial charge in [-0.25, -0.2) is 4.79 Å². The second-order valence-corrected chi connectivity index (χ2v) is 2.90. The molecule has 1 aromatic rings. The molecule has 8 nitrogen and oxygen atoms in total. The monoisotopic (exact) mass is 214 g/mol. The van der Waals surface area contributed by atoms with Crippen molar-refractivity contribution in [2.45, 2.75) is 6.54 Å². The number of hydrogen-bond acceptors (Lipinski definition) is 4. The van der Waals surface area contributed by atoms with E-state index in [1.54, 1.807) is 0 Å². The van der Waals surface area contributed by atoms with Crippen LogP contribution in [-0.2, 0) is 6.54 Å². The first-order valence-corrected chi connectivity index (χ1v) is 4.12. The highest BCUT2D eigenvalue weighted by atomic mass is 16.6. The minimum Gasteiger partial charge on any atom is -0.465 e. The molecule has 0 fully saturated rings. The lowest BCUT2D eigenvalue weighted by Gasteiger charge is -2.10. The van der Waals surface area contributed by atoms with Gasteiger partial charge in [-0.2, -0.15) is 4.68 Å². The zero-order chi connectivity index (χ0) is 11.4. The molecule has 8 heteroatoms. The Hall–Kier alpha value is -2.12. The number of rotatable bonds is 4. The lowest BCUT2D eigenvalue weighted by molar-refractivity contribution is -0.389. The van der Waals surface area contributed by atoms with Crippen LogP contribution in [0, 0.1) is 10.1 Å². The van der Waals surface area contributed by atoms with Gasteiger partial charge in [0, 0.05) is 13.6 Å². The highest BCUT2D eigenvalue weighted by Crippen LogP contribution is 2.04. The van der Waals surface area contributed by atoms with E-state index in [0.29, 0.717) is 0 Å². The molecule has 0 spiro atoms. The van der Waals surface area contributed by atoms with Crippen molar-refractivity contribution in [1.82, 2.24) is 14.7 Å². The van der Waals surface area contributed by atoms with Crippen molar-refractivity contribution in [2.75, 3.05) is 13.6 Å². The highest BCUT2D eigenvalue weighted by Gasteiger charge is 2.12. The van der Waals surface area contributed by atoms with Crippen LogP contribution >= 0.6 is 0 Å². The Morgan fingerprint density at radius 2 is 2.47 bits per heavy atom. The third kappa shape index (κ3) is 2.93. The largest absolute Gasteiger partial charge is 0.465 e. The zero-order valence-corrected chi connectivity index (χ0v) is 8.03. The summed E-state index contributed by atoms with van der Waals surface area (Å²) in [7, 11) is 1.42. The van der Waals surface area contributed by atoms with Crippen LogP contribution in [0.1, 0.15) is 0 Å². The number of carboxylic acid groups (broad SMARTS) is 1. The van der Waals surface area contributed by atoms with Crippen molar-refractivity contribution < 1.29 is 14.8 Å². The van der Waals surface area contributed by atoms with Crippen LogP contribution in [-0.4, -0.2) is 44.4 Å². The van der Waals surface area contributed by atoms with Crippen molar-refractivity contribution in [1.29, 1.82) is 0 Å². The molecular weight excluding hydrogens is 204 g/mol. The lowest BCUT2D eigenvalue weighted by Crippen LogP contribution is -2.28. The lowest BCUT2D eigenvalue weighted by atomic mass is 10.6. The van der Waals surface area contributed by atoms with Gasteiger partial charge in [-0.3, -0.25) is 0 Å². The standard InChI is InChI=1S/C7H10N4O4/c1-9(7(12)13)4-5-10-3-2-6(8-10)11(14)15/h2-3H,4-5H2,1H3,(H,12,13). The Balaban J connectivity index is 2.51. The molecule has 0 aromatic carbocycles. The number of amides is 1. The van der Waals surface area contributed by atoms with Crippen LogP contribution in [0.15, 0.2) is 12.3 Å². The van der Waals surface area contributed by atoms with E-state index in [9.17, 15) is 14.9 Å². The number of nitrogens with zero attached hydrogens (tertiary/aromatic N) is 4. The zero-order valence-electron chi connectivity index (χ0n) is 8.03. The van der Waals surface area contributed by atoms with Gasteiger partial charge in [-0.15, -0.1) is 0 Å². The first-order valence-electron chi connectivity index (χ1n) is 4.12. The fourth-order valence-electron chi connectivity index (χ4n) is 0.921. The van der Waals surface area contributed by atoms with E-state index in [0.717, 1.165) is 4.90 Å². The third-order valence-electron chi connectivity index (χ3n) is 1.80. The van der Waals surface area contributed by atoms with Crippen LogP contribution in [0.2, 0.25) is 0 Å². The summed E-state index contributed by atoms with van der Waals surface area (Å²) in [5.74, 6) is -0.243. The molecule has 15 heavy (non-hydrogen) atoms. The van der Waals surface area contributed by atoms with Crippen molar-refractivity contribution in [2.24, 2.45) is 0 Å². The molecule has 0 unspecified atom stereocenters. The van der Waals surface area contributed by atoms with Gasteiger partial charge in [0.25, 0.3) is 0 Å². The Bertz CT molecular complexity index is 375. The number of nitro groups is 1. The molecule has 1 rings (SSSR count). The van der Waals surface area contributed by atoms with Crippen molar-refractivity contribution >= 4 is 11.9 Å². The molecule has 0 radical (unpaired) electrons. The van der Waals surface area contributed by atoms with Crippen LogP contribution < -0.4 is 0 Å². The second kappa shape index (κ2) is 4.40. The van der Waals surface area contributed by atoms with Crippen LogP contribution in [0.4, 0.5) is 10.6 Å². The number of aromatic nitrogens is 2. The average Bonchev–Trinajstić information content (AvgIpc) is 2.62. The first kappa shape index (κ1) is 11.0. The maximum Gasteiger partial charge on any atom is 0.407 e. The SMILES string of the molecule is CN(CCn1ccc([N+](=O)[O-])n1)C(=O)O. The Labute approximate surface area is 84.9 Å². The summed E-state index contributed by atoms with van der Waals surface area (Å²) in [6.45, 7) is 0.519. The molecule has 0 saturated heterocycles. The van der Waals surface area contributed by atoms with Gasteiger partial charge in [-0.1, -0.05) is 0 Å². The van der Waals surface area contributed by atoms with Gasteiger partial charge in [-0.05, 0) is 4.92 Å². The van der Waals surface area contributed by atoms with Crippen molar-refractivity contribution in [3.63, 3.8) is 0 Å². The van der Waals surface area contributed by atoms with Crippen LogP contribution in [0.3, 0.4) is 0 Å². The van der Waals surface area contributed by atoms with E-state index < -0.39 is 11.0 Å². The van der Waals surface area contributed by atoms with E-state index in [4.69, 9.17) is 5.11 Å². The molecule has 0 aliphatic carbocycles. The molecular formula is C7H10N4O4. The van der Waals surface area contributed by atoms with Crippen molar-refractivity contribution in [3.8, 4) is 0 Å². The first-order chi connectivity index (χ1) is 7.00. The van der Waals surface area contributed by atoms with E-state index in [1.807, 2.05) is 0 Å². The van der Waals surface area contributed by atoms with E-state index in [1.165, 1.54) is 24.0 Å². The summed E-state index contributed by atoms with van der Waals surface area (Å²) in [4.78, 5) is 21.2. The minimum atomic E-state index is -1.04. The molecule has 82 valence electrons. The fraction of sp³-hybridized carbons (Fsp3) is 0.429. The predicted octanol–water partition coefficient (Wildman–Crippen LogP) is 0.401. The summed E-state index contributed by atoms with van der Waals surface area (Å²) in [5.41, 5.74) is 0. The van der Waals surface area contributed by atoms with E-state index in [2.05, 4.69) is 5.10 Å². The maximum atomic E-state index is 10.4. The summed E-state index contributed by atoms with van der Waals surface area (Å²) >= 11 is 0. The Morgan fingerprint density at radius 3 is 2.93 bits per heavy atom. The van der Waals surface area contributed by atoms with Gasteiger partial charge in [0.1, 0.15) is 0 Å². The summed E-state index contributed by atoms with van der Waals surface area (Å²) in [6.07, 6.45) is 0.394. The third-order valence-corrected chi connectivity index (χ3v) is 1.80. The maximum absolute atomic E-state index is 10.4. The molecule has 1 N–H and O–H groups in total. The van der Waals surface area contributed by atoms with Crippen LogP contribution in [0.5, 0.6) is 0 Å². The second-order valence-electron chi connectivity index (χ2n) is 2.90. The Morgan fingerprint density at radius 1 is 1.80 bits per heavy atom. The topological polar surface area (TPSA) is 102 Å². The van der Waals surface area contributed by atoms with Gasteiger partial charge in [0.15, 0.2) is 0 Å². The molecule has 0 atom stereocenters. The Kier molecular flexibility index (Phi) is 3.21. The number of hydrogen-bond donors (Lipinski definition) is 1. The number of carbonyl (C=O) groups is 1. The molecule has 0 aliphatic heterocycles. The predicted molar refractivity (Wildman–Crippen MR) is 49.5 cm³/mol. The molecule has 0 bridgehead atoms. The van der Waals surface area contributed by atoms with Crippen LogP contribution in [0.25, 0.3) is 0 Å². The van der Waals surface area contributed by atoms with Crippen molar-refractivity contribution in [3.05, 3.63) is 22.4 Å². The molecule has 1 heterocycles. The smallest absolute Gasteiger partial charge is 0.407 e. The molecule has 1 amide bonds.